The molecule has 1 fully saturated rings. The van der Waals surface area contributed by atoms with Gasteiger partial charge in [-0.15, -0.1) is 0 Å². The van der Waals surface area contributed by atoms with Gasteiger partial charge in [0, 0.05) is 4.47 Å². The zero-order valence-corrected chi connectivity index (χ0v) is 16.6. The number of carbonyl (C=O) groups is 1. The first kappa shape index (κ1) is 18.7. The van der Waals surface area contributed by atoms with Crippen LogP contribution in [0.15, 0.2) is 53.0 Å². The average Bonchev–Trinajstić information content (AvgIpc) is 2.65. The fourth-order valence-electron chi connectivity index (χ4n) is 3.22. The topological polar surface area (TPSA) is 46.0 Å². The Hall–Kier alpha value is -2.05. The molecule has 2 aromatic rings. The predicted molar refractivity (Wildman–Crippen MR) is 108 cm³/mol. The van der Waals surface area contributed by atoms with Crippen molar-refractivity contribution >= 4 is 33.2 Å². The zero-order chi connectivity index (χ0) is 18.4. The lowest BCUT2D eigenvalue weighted by molar-refractivity contribution is -0.892. The highest BCUT2D eigenvalue weighted by molar-refractivity contribution is 9.10. The minimum absolute atomic E-state index is 0.0510. The number of nitrogens with zero attached hydrogens (tertiary/aromatic N) is 1. The maximum absolute atomic E-state index is 12.3. The molecule has 1 aliphatic heterocycles. The normalized spacial score (nSPS) is 14.9. The molecule has 138 valence electrons. The van der Waals surface area contributed by atoms with Crippen LogP contribution in [0.5, 0.6) is 5.75 Å². The van der Waals surface area contributed by atoms with Crippen molar-refractivity contribution in [1.29, 1.82) is 0 Å². The van der Waals surface area contributed by atoms with E-state index in [1.54, 1.807) is 0 Å². The highest BCUT2D eigenvalue weighted by Gasteiger charge is 2.24. The van der Waals surface area contributed by atoms with Gasteiger partial charge < -0.3 is 19.9 Å². The number of anilines is 2. The third-order valence-electron chi connectivity index (χ3n) is 4.53. The number of hydrogen-bond acceptors (Lipinski definition) is 3. The summed E-state index contributed by atoms with van der Waals surface area (Å²) < 4.78 is 6.65. The molecule has 2 N–H and O–H groups in total. The molecular weight excluding hydrogens is 394 g/mol. The van der Waals surface area contributed by atoms with Gasteiger partial charge in [0.25, 0.3) is 5.91 Å². The monoisotopic (exact) mass is 418 g/mol. The summed E-state index contributed by atoms with van der Waals surface area (Å²) >= 11 is 3.46. The number of carbonyl (C=O) groups excluding carboxylic acids is 1. The van der Waals surface area contributed by atoms with Gasteiger partial charge in [-0.05, 0) is 47.1 Å². The van der Waals surface area contributed by atoms with Crippen LogP contribution < -0.4 is 19.9 Å². The molecule has 1 aliphatic rings. The van der Waals surface area contributed by atoms with Crippen LogP contribution in [-0.4, -0.2) is 45.2 Å². The Morgan fingerprint density at radius 3 is 2.58 bits per heavy atom. The van der Waals surface area contributed by atoms with E-state index in [4.69, 9.17) is 4.74 Å². The van der Waals surface area contributed by atoms with Crippen molar-refractivity contribution in [2.75, 3.05) is 49.5 Å². The van der Waals surface area contributed by atoms with Crippen molar-refractivity contribution in [3.8, 4) is 5.75 Å². The van der Waals surface area contributed by atoms with Gasteiger partial charge in [0.1, 0.15) is 5.75 Å². The number of hydrogen-bond donors (Lipinski definition) is 2. The molecule has 0 unspecified atom stereocenters. The van der Waals surface area contributed by atoms with Crippen molar-refractivity contribution in [2.45, 2.75) is 6.92 Å². The molecule has 0 spiro atoms. The SMILES string of the molecule is CCOc1ccccc1N1CC[NH+](CC(=O)Nc2ccccc2Br)CC1. The van der Waals surface area contributed by atoms with Crippen LogP contribution in [-0.2, 0) is 4.79 Å². The summed E-state index contributed by atoms with van der Waals surface area (Å²) in [5.74, 6) is 0.986. The zero-order valence-electron chi connectivity index (χ0n) is 15.0. The first-order chi connectivity index (χ1) is 12.7. The summed E-state index contributed by atoms with van der Waals surface area (Å²) in [6.45, 7) is 6.86. The molecule has 0 saturated carbocycles. The van der Waals surface area contributed by atoms with E-state index in [1.807, 2.05) is 49.4 Å². The molecule has 0 bridgehead atoms. The molecule has 6 heteroatoms. The Balaban J connectivity index is 1.53. The first-order valence-electron chi connectivity index (χ1n) is 9.02. The summed E-state index contributed by atoms with van der Waals surface area (Å²) in [5, 5.41) is 2.99. The van der Waals surface area contributed by atoms with E-state index in [0.717, 1.165) is 47.8 Å². The quantitative estimate of drug-likeness (QED) is 0.755. The van der Waals surface area contributed by atoms with E-state index in [0.29, 0.717) is 13.2 Å². The second-order valence-corrected chi connectivity index (χ2v) is 7.20. The standard InChI is InChI=1S/C20H24BrN3O2/c1-2-26-19-10-6-5-9-18(19)24-13-11-23(12-14-24)15-20(25)22-17-8-4-3-7-16(17)21/h3-10H,2,11-15H2,1H3,(H,22,25)/p+1. The summed E-state index contributed by atoms with van der Waals surface area (Å²) in [4.78, 5) is 16.0. The molecule has 1 saturated heterocycles. The first-order valence-corrected chi connectivity index (χ1v) is 9.81. The lowest BCUT2D eigenvalue weighted by Gasteiger charge is -2.34. The fraction of sp³-hybridized carbons (Fsp3) is 0.350. The summed E-state index contributed by atoms with van der Waals surface area (Å²) in [6.07, 6.45) is 0. The molecule has 1 heterocycles. The molecule has 0 radical (unpaired) electrons. The Morgan fingerprint density at radius 1 is 1.15 bits per heavy atom. The van der Waals surface area contributed by atoms with Gasteiger partial charge in [-0.25, -0.2) is 0 Å². The number of quaternary nitrogens is 1. The predicted octanol–water partition coefficient (Wildman–Crippen LogP) is 2.19. The molecular formula is C20H25BrN3O2+. The summed E-state index contributed by atoms with van der Waals surface area (Å²) in [7, 11) is 0. The van der Waals surface area contributed by atoms with E-state index in [-0.39, 0.29) is 5.91 Å². The van der Waals surface area contributed by atoms with Gasteiger partial charge in [0.2, 0.25) is 0 Å². The van der Waals surface area contributed by atoms with Gasteiger partial charge in [-0.1, -0.05) is 24.3 Å². The van der Waals surface area contributed by atoms with E-state index in [2.05, 4.69) is 32.2 Å². The van der Waals surface area contributed by atoms with Gasteiger partial charge in [0.05, 0.1) is 44.2 Å². The van der Waals surface area contributed by atoms with Crippen LogP contribution in [0.4, 0.5) is 11.4 Å². The minimum Gasteiger partial charge on any atom is -0.492 e. The number of halogens is 1. The van der Waals surface area contributed by atoms with Crippen LogP contribution in [0.3, 0.4) is 0 Å². The number of ether oxygens (including phenoxy) is 1. The van der Waals surface area contributed by atoms with E-state index < -0.39 is 0 Å². The highest BCUT2D eigenvalue weighted by Crippen LogP contribution is 2.27. The van der Waals surface area contributed by atoms with Crippen LogP contribution >= 0.6 is 15.9 Å². The lowest BCUT2D eigenvalue weighted by Crippen LogP contribution is -3.15. The molecule has 26 heavy (non-hydrogen) atoms. The number of amides is 1. The second kappa shape index (κ2) is 9.05. The van der Waals surface area contributed by atoms with Crippen LogP contribution in [0.2, 0.25) is 0 Å². The third-order valence-corrected chi connectivity index (χ3v) is 5.23. The number of benzene rings is 2. The molecule has 1 amide bonds. The lowest BCUT2D eigenvalue weighted by atomic mass is 10.2. The number of nitrogens with one attached hydrogen (secondary N) is 2. The maximum Gasteiger partial charge on any atom is 0.279 e. The van der Waals surface area contributed by atoms with Crippen molar-refractivity contribution in [3.05, 3.63) is 53.0 Å². The molecule has 5 nitrogen and oxygen atoms in total. The Bertz CT molecular complexity index is 745. The summed E-state index contributed by atoms with van der Waals surface area (Å²) in [5.41, 5.74) is 1.97. The van der Waals surface area contributed by atoms with Crippen molar-refractivity contribution < 1.29 is 14.4 Å². The molecule has 0 aliphatic carbocycles. The van der Waals surface area contributed by atoms with Crippen molar-refractivity contribution in [3.63, 3.8) is 0 Å². The number of piperazine rings is 1. The largest absolute Gasteiger partial charge is 0.492 e. The average molecular weight is 419 g/mol. The Labute approximate surface area is 163 Å². The Kier molecular flexibility index (Phi) is 6.52. The van der Waals surface area contributed by atoms with E-state index in [9.17, 15) is 4.79 Å². The maximum atomic E-state index is 12.3. The third kappa shape index (κ3) is 4.77. The molecule has 0 atom stereocenters. The van der Waals surface area contributed by atoms with Crippen molar-refractivity contribution in [2.24, 2.45) is 0 Å². The minimum atomic E-state index is 0.0510. The van der Waals surface area contributed by atoms with Crippen LogP contribution in [0, 0.1) is 0 Å². The van der Waals surface area contributed by atoms with Gasteiger partial charge >= 0.3 is 0 Å². The molecule has 0 aromatic heterocycles. The van der Waals surface area contributed by atoms with Gasteiger partial charge in [0.15, 0.2) is 6.54 Å². The number of rotatable bonds is 6. The fourth-order valence-corrected chi connectivity index (χ4v) is 3.60. The van der Waals surface area contributed by atoms with Crippen molar-refractivity contribution in [1.82, 2.24) is 0 Å². The number of para-hydroxylation sites is 3. The van der Waals surface area contributed by atoms with E-state index in [1.165, 1.54) is 4.90 Å². The summed E-state index contributed by atoms with van der Waals surface area (Å²) in [6, 6.07) is 15.9. The second-order valence-electron chi connectivity index (χ2n) is 6.34. The van der Waals surface area contributed by atoms with E-state index >= 15 is 0 Å². The Morgan fingerprint density at radius 2 is 1.85 bits per heavy atom. The van der Waals surface area contributed by atoms with Gasteiger partial charge in [-0.2, -0.15) is 0 Å². The smallest absolute Gasteiger partial charge is 0.279 e. The highest BCUT2D eigenvalue weighted by atomic mass is 79.9. The van der Waals surface area contributed by atoms with Crippen LogP contribution in [0.25, 0.3) is 0 Å². The molecule has 2 aromatic carbocycles. The molecule has 3 rings (SSSR count). The van der Waals surface area contributed by atoms with Gasteiger partial charge in [-0.3, -0.25) is 4.79 Å². The van der Waals surface area contributed by atoms with Crippen LogP contribution in [0.1, 0.15) is 6.92 Å².